The molecule has 0 aliphatic rings. The van der Waals surface area contributed by atoms with Crippen LogP contribution in [0.5, 0.6) is 0 Å². The molecule has 0 aliphatic heterocycles. The minimum Gasteiger partial charge on any atom is -0.332 e. The number of aromatic nitrogens is 5. The van der Waals surface area contributed by atoms with Crippen molar-refractivity contribution in [2.24, 2.45) is 11.8 Å². The second kappa shape index (κ2) is 9.04. The molecule has 0 saturated carbocycles. The van der Waals surface area contributed by atoms with E-state index in [1.54, 1.807) is 12.4 Å². The number of nitrogens with one attached hydrogen (secondary N) is 1. The number of sulfonamides is 1. The molecule has 0 bridgehead atoms. The molecule has 0 unspecified atom stereocenters. The monoisotopic (exact) mass is 447 g/mol. The molecule has 31 heavy (non-hydrogen) atoms. The van der Waals surface area contributed by atoms with Crippen LogP contribution in [0.1, 0.15) is 27.2 Å². The first-order chi connectivity index (χ1) is 14.6. The minimum atomic E-state index is -3.59. The number of anilines is 2. The molecular formula is C20H29N7O3S. The fourth-order valence-electron chi connectivity index (χ4n) is 3.31. The van der Waals surface area contributed by atoms with Crippen molar-refractivity contribution >= 4 is 38.6 Å². The molecule has 10 nitrogen and oxygen atoms in total. The zero-order valence-electron chi connectivity index (χ0n) is 18.5. The van der Waals surface area contributed by atoms with Gasteiger partial charge in [0.25, 0.3) is 5.91 Å². The molecule has 1 atom stereocenters. The van der Waals surface area contributed by atoms with Gasteiger partial charge in [0.15, 0.2) is 0 Å². The summed E-state index contributed by atoms with van der Waals surface area (Å²) >= 11 is 0. The summed E-state index contributed by atoms with van der Waals surface area (Å²) in [5.41, 5.74) is 1.45. The van der Waals surface area contributed by atoms with Crippen molar-refractivity contribution < 1.29 is 13.2 Å². The molecule has 3 rings (SSSR count). The average Bonchev–Trinajstić information content (AvgIpc) is 3.31. The van der Waals surface area contributed by atoms with Crippen molar-refractivity contribution in [3.8, 4) is 0 Å². The van der Waals surface area contributed by atoms with E-state index in [4.69, 9.17) is 0 Å². The zero-order valence-corrected chi connectivity index (χ0v) is 19.3. The Morgan fingerprint density at radius 2 is 2.03 bits per heavy atom. The first kappa shape index (κ1) is 22.7. The van der Waals surface area contributed by atoms with Crippen molar-refractivity contribution in [2.45, 2.75) is 40.3 Å². The highest BCUT2D eigenvalue weighted by molar-refractivity contribution is 7.88. The lowest BCUT2D eigenvalue weighted by molar-refractivity contribution is -0.126. The lowest BCUT2D eigenvalue weighted by Crippen LogP contribution is -2.34. The first-order valence-electron chi connectivity index (χ1n) is 10.2. The van der Waals surface area contributed by atoms with Gasteiger partial charge in [-0.05, 0) is 17.9 Å². The van der Waals surface area contributed by atoms with E-state index in [1.807, 2.05) is 12.3 Å². The van der Waals surface area contributed by atoms with Gasteiger partial charge in [0.05, 0.1) is 18.1 Å². The second-order valence-electron chi connectivity index (χ2n) is 8.03. The number of hydrogen-bond donors (Lipinski definition) is 1. The summed E-state index contributed by atoms with van der Waals surface area (Å²) in [5, 5.41) is 8.17. The molecule has 0 aliphatic carbocycles. The standard InChI is InChI=1S/C20H29N7O3S/c1-6-15(14(2)3)11-26-8-7-16-9-21-20(24-19(16)26)23-17-10-22-27(12-17)13-18(28)25(4)31(5,29)30/h7-10,12,14-15H,6,11,13H2,1-5H3,(H,21,23,24)/t15-/m1/s1. The maximum absolute atomic E-state index is 12.1. The predicted molar refractivity (Wildman–Crippen MR) is 119 cm³/mol. The van der Waals surface area contributed by atoms with Gasteiger partial charge in [-0.15, -0.1) is 0 Å². The number of likely N-dealkylation sites (N-methyl/N-ethyl adjacent to an activating group) is 1. The molecule has 3 aromatic heterocycles. The largest absolute Gasteiger partial charge is 0.332 e. The Bertz CT molecular complexity index is 1170. The van der Waals surface area contributed by atoms with Crippen LogP contribution in [-0.2, 0) is 27.9 Å². The normalized spacial score (nSPS) is 13.0. The quantitative estimate of drug-likeness (QED) is 0.536. The van der Waals surface area contributed by atoms with Crippen molar-refractivity contribution in [3.63, 3.8) is 0 Å². The highest BCUT2D eigenvalue weighted by Crippen LogP contribution is 2.22. The highest BCUT2D eigenvalue weighted by atomic mass is 32.2. The van der Waals surface area contributed by atoms with Gasteiger partial charge >= 0.3 is 0 Å². The van der Waals surface area contributed by atoms with Crippen LogP contribution in [0, 0.1) is 11.8 Å². The van der Waals surface area contributed by atoms with Crippen LogP contribution in [-0.4, -0.2) is 56.2 Å². The molecule has 3 aromatic rings. The van der Waals surface area contributed by atoms with Gasteiger partial charge in [0.2, 0.25) is 16.0 Å². The Morgan fingerprint density at radius 1 is 1.29 bits per heavy atom. The van der Waals surface area contributed by atoms with E-state index in [1.165, 1.54) is 17.9 Å². The first-order valence-corrected chi connectivity index (χ1v) is 12.0. The van der Waals surface area contributed by atoms with Crippen LogP contribution in [0.25, 0.3) is 11.0 Å². The summed E-state index contributed by atoms with van der Waals surface area (Å²) in [4.78, 5) is 21.1. The maximum Gasteiger partial charge on any atom is 0.257 e. The van der Waals surface area contributed by atoms with Gasteiger partial charge in [-0.2, -0.15) is 10.1 Å². The lowest BCUT2D eigenvalue weighted by atomic mass is 9.93. The Hall–Kier alpha value is -2.95. The van der Waals surface area contributed by atoms with Crippen LogP contribution >= 0.6 is 0 Å². The molecule has 1 N–H and O–H groups in total. The third-order valence-electron chi connectivity index (χ3n) is 5.44. The maximum atomic E-state index is 12.1. The molecule has 0 spiro atoms. The average molecular weight is 448 g/mol. The Morgan fingerprint density at radius 3 is 2.68 bits per heavy atom. The van der Waals surface area contributed by atoms with Crippen LogP contribution < -0.4 is 5.32 Å². The number of carbonyl (C=O) groups is 1. The lowest BCUT2D eigenvalue weighted by Gasteiger charge is -2.20. The summed E-state index contributed by atoms with van der Waals surface area (Å²) in [6.45, 7) is 7.37. The molecule has 168 valence electrons. The van der Waals surface area contributed by atoms with Gasteiger partial charge in [-0.1, -0.05) is 27.2 Å². The number of fused-ring (bicyclic) bond motifs is 1. The Balaban J connectivity index is 1.74. The summed E-state index contributed by atoms with van der Waals surface area (Å²) < 4.78 is 27.2. The summed E-state index contributed by atoms with van der Waals surface area (Å²) in [7, 11) is -2.37. The molecule has 0 fully saturated rings. The topological polar surface area (TPSA) is 115 Å². The third kappa shape index (κ3) is 5.40. The molecule has 11 heteroatoms. The smallest absolute Gasteiger partial charge is 0.257 e. The number of amides is 1. The third-order valence-corrected chi connectivity index (χ3v) is 6.63. The molecule has 1 amide bonds. The van der Waals surface area contributed by atoms with E-state index in [-0.39, 0.29) is 6.54 Å². The summed E-state index contributed by atoms with van der Waals surface area (Å²) in [6, 6.07) is 2.01. The number of nitrogens with zero attached hydrogens (tertiary/aromatic N) is 6. The van der Waals surface area contributed by atoms with Crippen LogP contribution in [0.4, 0.5) is 11.6 Å². The Kier molecular flexibility index (Phi) is 6.63. The highest BCUT2D eigenvalue weighted by Gasteiger charge is 2.19. The SMILES string of the molecule is CC[C@H](Cn1ccc2cnc(Nc3cnn(CC(=O)N(C)S(C)(=O)=O)c3)nc21)C(C)C. The molecule has 0 saturated heterocycles. The van der Waals surface area contributed by atoms with E-state index < -0.39 is 15.9 Å². The number of rotatable bonds is 9. The Labute approximate surface area is 182 Å². The van der Waals surface area contributed by atoms with Gasteiger partial charge in [-0.25, -0.2) is 17.7 Å². The predicted octanol–water partition coefficient (Wildman–Crippen LogP) is 2.47. The molecule has 0 radical (unpaired) electrons. The second-order valence-corrected chi connectivity index (χ2v) is 10.0. The van der Waals surface area contributed by atoms with Crippen LogP contribution in [0.15, 0.2) is 30.9 Å². The van der Waals surface area contributed by atoms with Crippen molar-refractivity contribution in [3.05, 3.63) is 30.9 Å². The fourth-order valence-corrected chi connectivity index (χ4v) is 3.74. The fraction of sp³-hybridized carbons (Fsp3) is 0.500. The zero-order chi connectivity index (χ0) is 22.8. The van der Waals surface area contributed by atoms with E-state index in [9.17, 15) is 13.2 Å². The molecule has 0 aromatic carbocycles. The summed E-state index contributed by atoms with van der Waals surface area (Å²) in [6.07, 6.45) is 9.02. The van der Waals surface area contributed by atoms with Gasteiger partial charge in [0.1, 0.15) is 12.2 Å². The molecular weight excluding hydrogens is 418 g/mol. The van der Waals surface area contributed by atoms with E-state index in [2.05, 4.69) is 45.7 Å². The summed E-state index contributed by atoms with van der Waals surface area (Å²) in [5.74, 6) is 0.979. The van der Waals surface area contributed by atoms with E-state index in [0.717, 1.165) is 30.3 Å². The number of carbonyl (C=O) groups excluding carboxylic acids is 1. The van der Waals surface area contributed by atoms with Gasteiger partial charge < -0.3 is 9.88 Å². The van der Waals surface area contributed by atoms with Crippen LogP contribution in [0.2, 0.25) is 0 Å². The minimum absolute atomic E-state index is 0.193. The number of hydrogen-bond acceptors (Lipinski definition) is 7. The molecule has 3 heterocycles. The van der Waals surface area contributed by atoms with E-state index >= 15 is 0 Å². The van der Waals surface area contributed by atoms with E-state index in [0.29, 0.717) is 27.8 Å². The van der Waals surface area contributed by atoms with Gasteiger partial charge in [-0.3, -0.25) is 9.48 Å². The van der Waals surface area contributed by atoms with Crippen molar-refractivity contribution in [1.82, 2.24) is 28.6 Å². The van der Waals surface area contributed by atoms with Gasteiger partial charge in [0, 0.05) is 37.6 Å². The van der Waals surface area contributed by atoms with Crippen molar-refractivity contribution in [1.29, 1.82) is 0 Å². The van der Waals surface area contributed by atoms with Crippen LogP contribution in [0.3, 0.4) is 0 Å². The van der Waals surface area contributed by atoms with Crippen molar-refractivity contribution in [2.75, 3.05) is 18.6 Å².